The van der Waals surface area contributed by atoms with E-state index in [1.807, 2.05) is 32.0 Å². The fraction of sp³-hybridized carbons (Fsp3) is 0.188. The Morgan fingerprint density at radius 2 is 1.95 bits per heavy atom. The van der Waals surface area contributed by atoms with E-state index in [0.717, 1.165) is 15.6 Å². The highest BCUT2D eigenvalue weighted by Crippen LogP contribution is 2.23. The van der Waals surface area contributed by atoms with Gasteiger partial charge in [-0.3, -0.25) is 4.79 Å². The number of phenols is 1. The summed E-state index contributed by atoms with van der Waals surface area (Å²) in [6.07, 6.45) is 0. The predicted octanol–water partition coefficient (Wildman–Crippen LogP) is 3.95. The van der Waals surface area contributed by atoms with Crippen molar-refractivity contribution in [3.63, 3.8) is 0 Å². The molecule has 2 N–H and O–H groups in total. The van der Waals surface area contributed by atoms with Crippen molar-refractivity contribution in [1.29, 1.82) is 0 Å². The van der Waals surface area contributed by atoms with Crippen molar-refractivity contribution < 1.29 is 9.90 Å². The maximum absolute atomic E-state index is 12.3. The fourth-order valence-electron chi connectivity index (χ4n) is 1.97. The zero-order chi connectivity index (χ0) is 14.7. The molecule has 0 saturated heterocycles. The van der Waals surface area contributed by atoms with Gasteiger partial charge in [0.1, 0.15) is 5.75 Å². The molecule has 0 spiro atoms. The molecule has 0 aliphatic heterocycles. The Bertz CT molecular complexity index is 640. The van der Waals surface area contributed by atoms with E-state index < -0.39 is 0 Å². The third-order valence-corrected chi connectivity index (χ3v) is 4.21. The van der Waals surface area contributed by atoms with Crippen LogP contribution in [0.15, 0.2) is 46.9 Å². The Labute approximate surface area is 126 Å². The first-order valence-electron chi connectivity index (χ1n) is 6.34. The highest BCUT2D eigenvalue weighted by atomic mass is 79.9. The molecule has 0 saturated carbocycles. The van der Waals surface area contributed by atoms with E-state index in [9.17, 15) is 9.90 Å². The number of carbonyl (C=O) groups is 1. The van der Waals surface area contributed by atoms with Gasteiger partial charge in [0, 0.05) is 4.47 Å². The van der Waals surface area contributed by atoms with Crippen LogP contribution in [-0.2, 0) is 0 Å². The summed E-state index contributed by atoms with van der Waals surface area (Å²) in [6.45, 7) is 3.83. The van der Waals surface area contributed by atoms with Crippen molar-refractivity contribution in [3.05, 3.63) is 63.6 Å². The van der Waals surface area contributed by atoms with E-state index in [2.05, 4.69) is 21.2 Å². The number of hydrogen-bond acceptors (Lipinski definition) is 2. The Balaban J connectivity index is 2.17. The maximum atomic E-state index is 12.3. The van der Waals surface area contributed by atoms with Gasteiger partial charge in [-0.05, 0) is 59.1 Å². The van der Waals surface area contributed by atoms with Crippen molar-refractivity contribution in [2.24, 2.45) is 0 Å². The highest BCUT2D eigenvalue weighted by molar-refractivity contribution is 9.10. The van der Waals surface area contributed by atoms with Gasteiger partial charge in [0.25, 0.3) is 5.91 Å². The van der Waals surface area contributed by atoms with Crippen molar-refractivity contribution >= 4 is 21.8 Å². The zero-order valence-corrected chi connectivity index (χ0v) is 12.9. The molecular formula is C16H16BrNO2. The number of aryl methyl sites for hydroxylation is 1. The van der Waals surface area contributed by atoms with Gasteiger partial charge >= 0.3 is 0 Å². The first kappa shape index (κ1) is 14.6. The normalized spacial score (nSPS) is 11.9. The molecule has 0 fully saturated rings. The summed E-state index contributed by atoms with van der Waals surface area (Å²) in [6, 6.07) is 12.3. The minimum atomic E-state index is -0.179. The number of benzene rings is 2. The number of rotatable bonds is 3. The summed E-state index contributed by atoms with van der Waals surface area (Å²) in [7, 11) is 0. The number of hydrogen-bond donors (Lipinski definition) is 2. The number of phenolic OH excluding ortho intramolecular Hbond substituents is 1. The Kier molecular flexibility index (Phi) is 4.45. The summed E-state index contributed by atoms with van der Waals surface area (Å²) in [5, 5.41) is 12.4. The second-order valence-electron chi connectivity index (χ2n) is 4.73. The molecule has 0 aromatic heterocycles. The molecule has 0 radical (unpaired) electrons. The Morgan fingerprint density at radius 1 is 1.25 bits per heavy atom. The fourth-order valence-corrected chi connectivity index (χ4v) is 2.42. The molecule has 4 heteroatoms. The van der Waals surface area contributed by atoms with Crippen molar-refractivity contribution in [2.45, 2.75) is 19.9 Å². The van der Waals surface area contributed by atoms with Crippen molar-refractivity contribution in [3.8, 4) is 5.75 Å². The number of carbonyl (C=O) groups excluding carboxylic acids is 1. The topological polar surface area (TPSA) is 49.3 Å². The third kappa shape index (κ3) is 3.20. The van der Waals surface area contributed by atoms with Gasteiger partial charge in [-0.15, -0.1) is 0 Å². The van der Waals surface area contributed by atoms with Gasteiger partial charge in [0.05, 0.1) is 11.6 Å². The van der Waals surface area contributed by atoms with Crippen LogP contribution in [0.25, 0.3) is 0 Å². The van der Waals surface area contributed by atoms with E-state index in [4.69, 9.17) is 0 Å². The second-order valence-corrected chi connectivity index (χ2v) is 5.52. The molecule has 2 aromatic rings. The van der Waals surface area contributed by atoms with E-state index in [1.165, 1.54) is 0 Å². The molecule has 2 rings (SSSR count). The molecule has 0 aliphatic rings. The lowest BCUT2D eigenvalue weighted by Crippen LogP contribution is -2.27. The summed E-state index contributed by atoms with van der Waals surface area (Å²) in [5.41, 5.74) is 2.49. The molecule has 3 nitrogen and oxygen atoms in total. The van der Waals surface area contributed by atoms with Crippen LogP contribution in [0.2, 0.25) is 0 Å². The quantitative estimate of drug-likeness (QED) is 0.893. The molecule has 20 heavy (non-hydrogen) atoms. The maximum Gasteiger partial charge on any atom is 0.252 e. The Morgan fingerprint density at radius 3 is 2.65 bits per heavy atom. The highest BCUT2D eigenvalue weighted by Gasteiger charge is 2.15. The molecule has 1 amide bonds. The van der Waals surface area contributed by atoms with Crippen LogP contribution in [0.1, 0.15) is 34.5 Å². The van der Waals surface area contributed by atoms with Crippen molar-refractivity contribution in [1.82, 2.24) is 5.32 Å². The van der Waals surface area contributed by atoms with Gasteiger partial charge < -0.3 is 10.4 Å². The number of amides is 1. The minimum absolute atomic E-state index is 0.142. The largest absolute Gasteiger partial charge is 0.508 e. The third-order valence-electron chi connectivity index (χ3n) is 3.15. The lowest BCUT2D eigenvalue weighted by molar-refractivity contribution is 0.0939. The molecule has 1 atom stereocenters. The summed E-state index contributed by atoms with van der Waals surface area (Å²) >= 11 is 3.44. The molecule has 0 bridgehead atoms. The minimum Gasteiger partial charge on any atom is -0.508 e. The van der Waals surface area contributed by atoms with Gasteiger partial charge in [-0.25, -0.2) is 0 Å². The van der Waals surface area contributed by atoms with Crippen LogP contribution >= 0.6 is 15.9 Å². The first-order valence-corrected chi connectivity index (χ1v) is 7.13. The second kappa shape index (κ2) is 6.09. The van der Waals surface area contributed by atoms with E-state index in [0.29, 0.717) is 5.56 Å². The molecule has 1 unspecified atom stereocenters. The average Bonchev–Trinajstić information content (AvgIpc) is 2.41. The summed E-state index contributed by atoms with van der Waals surface area (Å²) in [5.74, 6) is 0.0525. The van der Waals surface area contributed by atoms with Gasteiger partial charge in [-0.1, -0.05) is 24.3 Å². The molecule has 0 heterocycles. The van der Waals surface area contributed by atoms with Crippen LogP contribution in [0.5, 0.6) is 5.75 Å². The molecular weight excluding hydrogens is 318 g/mol. The lowest BCUT2D eigenvalue weighted by atomic mass is 10.1. The van der Waals surface area contributed by atoms with Gasteiger partial charge in [0.15, 0.2) is 0 Å². The van der Waals surface area contributed by atoms with E-state index in [-0.39, 0.29) is 17.7 Å². The zero-order valence-electron chi connectivity index (χ0n) is 11.4. The van der Waals surface area contributed by atoms with Crippen LogP contribution in [-0.4, -0.2) is 11.0 Å². The van der Waals surface area contributed by atoms with Gasteiger partial charge in [0.2, 0.25) is 0 Å². The van der Waals surface area contributed by atoms with Crippen LogP contribution in [0, 0.1) is 6.92 Å². The lowest BCUT2D eigenvalue weighted by Gasteiger charge is -2.15. The van der Waals surface area contributed by atoms with Crippen molar-refractivity contribution in [2.75, 3.05) is 0 Å². The smallest absolute Gasteiger partial charge is 0.252 e. The average molecular weight is 334 g/mol. The first-order chi connectivity index (χ1) is 9.49. The van der Waals surface area contributed by atoms with Crippen LogP contribution in [0.4, 0.5) is 0 Å². The van der Waals surface area contributed by atoms with E-state index >= 15 is 0 Å². The SMILES string of the molecule is Cc1cccc(C(=O)NC(C)c2cccc(O)c2)c1Br. The standard InChI is InChI=1S/C16H16BrNO2/c1-10-5-3-8-14(15(10)17)16(20)18-11(2)12-6-4-7-13(19)9-12/h3-9,11,19H,1-2H3,(H,18,20). The van der Waals surface area contributed by atoms with E-state index in [1.54, 1.807) is 24.3 Å². The number of nitrogens with one attached hydrogen (secondary N) is 1. The molecule has 0 aliphatic carbocycles. The number of aromatic hydroxyl groups is 1. The monoisotopic (exact) mass is 333 g/mol. The number of halogens is 1. The van der Waals surface area contributed by atoms with Crippen LogP contribution in [0.3, 0.4) is 0 Å². The molecule has 104 valence electrons. The molecule has 2 aromatic carbocycles. The summed E-state index contributed by atoms with van der Waals surface area (Å²) in [4.78, 5) is 12.3. The van der Waals surface area contributed by atoms with Gasteiger partial charge in [-0.2, -0.15) is 0 Å². The Hall–Kier alpha value is -1.81. The summed E-state index contributed by atoms with van der Waals surface area (Å²) < 4.78 is 0.806. The predicted molar refractivity (Wildman–Crippen MR) is 82.9 cm³/mol. The van der Waals surface area contributed by atoms with Crippen LogP contribution < -0.4 is 5.32 Å².